The van der Waals surface area contributed by atoms with Crippen molar-refractivity contribution in [2.75, 3.05) is 13.7 Å². The van der Waals surface area contributed by atoms with Crippen LogP contribution in [-0.4, -0.2) is 23.9 Å². The van der Waals surface area contributed by atoms with E-state index >= 15 is 0 Å². The molecule has 0 radical (unpaired) electrons. The molecule has 2 N–H and O–H groups in total. The van der Waals surface area contributed by atoms with Crippen molar-refractivity contribution in [3.05, 3.63) is 35.9 Å². The number of aromatic hydroxyl groups is 1. The third-order valence-corrected chi connectivity index (χ3v) is 3.06. The number of aliphatic hydroxyl groups is 1. The van der Waals surface area contributed by atoms with Gasteiger partial charge in [0.2, 0.25) is 0 Å². The van der Waals surface area contributed by atoms with E-state index in [9.17, 15) is 5.11 Å². The Bertz CT molecular complexity index is 390. The molecule has 0 spiro atoms. The van der Waals surface area contributed by atoms with Crippen LogP contribution in [0.4, 0.5) is 0 Å². The molecule has 1 aromatic rings. The van der Waals surface area contributed by atoms with E-state index in [1.54, 1.807) is 12.1 Å². The third kappa shape index (κ3) is 3.41. The van der Waals surface area contributed by atoms with Crippen molar-refractivity contribution in [3.8, 4) is 11.5 Å². The number of allylic oxidation sites excluding steroid dienone is 1. The molecular formula is C13H18O3S. The SMILES string of the molecule is C=CCc1cc(OC)c(O)c(C(S)CCO)c1. The van der Waals surface area contributed by atoms with Crippen molar-refractivity contribution in [1.82, 2.24) is 0 Å². The summed E-state index contributed by atoms with van der Waals surface area (Å²) in [5.74, 6) is 0.519. The number of hydrogen-bond donors (Lipinski definition) is 3. The Morgan fingerprint density at radius 3 is 2.76 bits per heavy atom. The molecule has 1 atom stereocenters. The molecule has 1 aromatic carbocycles. The number of ether oxygens (including phenoxy) is 1. The zero-order valence-electron chi connectivity index (χ0n) is 9.89. The monoisotopic (exact) mass is 254 g/mol. The second-order valence-electron chi connectivity index (χ2n) is 3.76. The number of phenolic OH excluding ortho intramolecular Hbond substituents is 1. The number of hydrogen-bond acceptors (Lipinski definition) is 4. The Kier molecular flexibility index (Phi) is 5.38. The van der Waals surface area contributed by atoms with Gasteiger partial charge in [-0.15, -0.1) is 6.58 Å². The summed E-state index contributed by atoms with van der Waals surface area (Å²) < 4.78 is 5.12. The van der Waals surface area contributed by atoms with Crippen LogP contribution < -0.4 is 4.74 Å². The first kappa shape index (κ1) is 13.9. The van der Waals surface area contributed by atoms with Crippen molar-refractivity contribution < 1.29 is 14.9 Å². The van der Waals surface area contributed by atoms with Gasteiger partial charge in [-0.1, -0.05) is 12.1 Å². The van der Waals surface area contributed by atoms with Gasteiger partial charge < -0.3 is 14.9 Å². The third-order valence-electron chi connectivity index (χ3n) is 2.53. The number of aliphatic hydroxyl groups excluding tert-OH is 1. The molecule has 0 amide bonds. The summed E-state index contributed by atoms with van der Waals surface area (Å²) in [6, 6.07) is 3.65. The average Bonchev–Trinajstić information content (AvgIpc) is 2.31. The van der Waals surface area contributed by atoms with Gasteiger partial charge in [0.25, 0.3) is 0 Å². The fraction of sp³-hybridized carbons (Fsp3) is 0.385. The molecule has 0 heterocycles. The van der Waals surface area contributed by atoms with Gasteiger partial charge in [0, 0.05) is 17.4 Å². The van der Waals surface area contributed by atoms with Gasteiger partial charge in [0.05, 0.1) is 7.11 Å². The summed E-state index contributed by atoms with van der Waals surface area (Å²) in [4.78, 5) is 0. The lowest BCUT2D eigenvalue weighted by atomic mass is 10.0. The first-order valence-electron chi connectivity index (χ1n) is 5.43. The van der Waals surface area contributed by atoms with Crippen LogP contribution >= 0.6 is 12.6 Å². The van der Waals surface area contributed by atoms with Crippen molar-refractivity contribution in [2.45, 2.75) is 18.1 Å². The maximum absolute atomic E-state index is 10.00. The zero-order chi connectivity index (χ0) is 12.8. The molecule has 0 aliphatic heterocycles. The van der Waals surface area contributed by atoms with E-state index in [1.165, 1.54) is 7.11 Å². The van der Waals surface area contributed by atoms with Crippen LogP contribution in [0.3, 0.4) is 0 Å². The summed E-state index contributed by atoms with van der Waals surface area (Å²) in [6.07, 6.45) is 2.97. The Labute approximate surface area is 107 Å². The predicted octanol–water partition coefficient (Wildman–Crippen LogP) is 2.48. The van der Waals surface area contributed by atoms with Crippen LogP contribution in [0.25, 0.3) is 0 Å². The van der Waals surface area contributed by atoms with Crippen LogP contribution in [-0.2, 0) is 6.42 Å². The molecule has 0 aromatic heterocycles. The molecule has 17 heavy (non-hydrogen) atoms. The Morgan fingerprint density at radius 1 is 1.53 bits per heavy atom. The molecule has 0 saturated heterocycles. The maximum atomic E-state index is 10.00. The topological polar surface area (TPSA) is 49.7 Å². The summed E-state index contributed by atoms with van der Waals surface area (Å²) >= 11 is 4.37. The second kappa shape index (κ2) is 6.57. The van der Waals surface area contributed by atoms with Crippen molar-refractivity contribution in [1.29, 1.82) is 0 Å². The Balaban J connectivity index is 3.16. The summed E-state index contributed by atoms with van der Waals surface area (Å²) in [5, 5.41) is 18.7. The minimum atomic E-state index is -0.210. The lowest BCUT2D eigenvalue weighted by Crippen LogP contribution is -1.98. The highest BCUT2D eigenvalue weighted by molar-refractivity contribution is 7.80. The Morgan fingerprint density at radius 2 is 2.24 bits per heavy atom. The normalized spacial score (nSPS) is 12.2. The fourth-order valence-electron chi connectivity index (χ4n) is 1.66. The zero-order valence-corrected chi connectivity index (χ0v) is 10.8. The van der Waals surface area contributed by atoms with Gasteiger partial charge >= 0.3 is 0 Å². The predicted molar refractivity (Wildman–Crippen MR) is 72.0 cm³/mol. The summed E-state index contributed by atoms with van der Waals surface area (Å²) in [7, 11) is 1.51. The van der Waals surface area contributed by atoms with Crippen LogP contribution in [0.2, 0.25) is 0 Å². The van der Waals surface area contributed by atoms with Gasteiger partial charge in [-0.25, -0.2) is 0 Å². The molecule has 0 aliphatic rings. The number of rotatable bonds is 6. The van der Waals surface area contributed by atoms with Crippen LogP contribution in [0.15, 0.2) is 24.8 Å². The molecule has 94 valence electrons. The molecule has 4 heteroatoms. The van der Waals surface area contributed by atoms with Crippen molar-refractivity contribution in [3.63, 3.8) is 0 Å². The van der Waals surface area contributed by atoms with Gasteiger partial charge in [0.1, 0.15) is 0 Å². The van der Waals surface area contributed by atoms with E-state index in [1.807, 2.05) is 6.07 Å². The van der Waals surface area contributed by atoms with E-state index in [-0.39, 0.29) is 17.6 Å². The van der Waals surface area contributed by atoms with Crippen LogP contribution in [0.5, 0.6) is 11.5 Å². The smallest absolute Gasteiger partial charge is 0.162 e. The van der Waals surface area contributed by atoms with Gasteiger partial charge in [-0.2, -0.15) is 12.6 Å². The number of thiol groups is 1. The van der Waals surface area contributed by atoms with E-state index in [0.29, 0.717) is 24.2 Å². The minimum absolute atomic E-state index is 0.0294. The van der Waals surface area contributed by atoms with Gasteiger partial charge in [-0.05, 0) is 24.5 Å². The maximum Gasteiger partial charge on any atom is 0.162 e. The van der Waals surface area contributed by atoms with E-state index in [0.717, 1.165) is 5.56 Å². The summed E-state index contributed by atoms with van der Waals surface area (Å²) in [6.45, 7) is 3.71. The lowest BCUT2D eigenvalue weighted by molar-refractivity contribution is 0.286. The lowest BCUT2D eigenvalue weighted by Gasteiger charge is -2.15. The molecule has 0 aliphatic carbocycles. The molecule has 0 saturated carbocycles. The first-order valence-corrected chi connectivity index (χ1v) is 5.95. The van der Waals surface area contributed by atoms with Crippen molar-refractivity contribution >= 4 is 12.6 Å². The number of methoxy groups -OCH3 is 1. The molecular weight excluding hydrogens is 236 g/mol. The molecule has 0 bridgehead atoms. The highest BCUT2D eigenvalue weighted by Crippen LogP contribution is 2.38. The first-order chi connectivity index (χ1) is 8.13. The largest absolute Gasteiger partial charge is 0.504 e. The highest BCUT2D eigenvalue weighted by Gasteiger charge is 2.16. The average molecular weight is 254 g/mol. The second-order valence-corrected chi connectivity index (χ2v) is 4.38. The fourth-order valence-corrected chi connectivity index (χ4v) is 1.97. The van der Waals surface area contributed by atoms with E-state index in [4.69, 9.17) is 9.84 Å². The van der Waals surface area contributed by atoms with Crippen LogP contribution in [0.1, 0.15) is 22.8 Å². The van der Waals surface area contributed by atoms with E-state index < -0.39 is 0 Å². The van der Waals surface area contributed by atoms with Gasteiger partial charge in [-0.3, -0.25) is 0 Å². The quantitative estimate of drug-likeness (QED) is 0.540. The Hall–Kier alpha value is -1.13. The highest BCUT2D eigenvalue weighted by atomic mass is 32.1. The number of benzene rings is 1. The molecule has 1 unspecified atom stereocenters. The van der Waals surface area contributed by atoms with Crippen molar-refractivity contribution in [2.24, 2.45) is 0 Å². The van der Waals surface area contributed by atoms with E-state index in [2.05, 4.69) is 19.2 Å². The molecule has 0 fully saturated rings. The van der Waals surface area contributed by atoms with Crippen LogP contribution in [0, 0.1) is 0 Å². The van der Waals surface area contributed by atoms with Gasteiger partial charge in [0.15, 0.2) is 11.5 Å². The molecule has 3 nitrogen and oxygen atoms in total. The number of phenols is 1. The molecule has 1 rings (SSSR count). The minimum Gasteiger partial charge on any atom is -0.504 e. The summed E-state index contributed by atoms with van der Waals surface area (Å²) in [5.41, 5.74) is 1.68. The standard InChI is InChI=1S/C13H18O3S/c1-3-4-9-7-10(12(17)5-6-14)13(15)11(8-9)16-2/h3,7-8,12,14-15,17H,1,4-6H2,2H3.